The van der Waals surface area contributed by atoms with Crippen LogP contribution in [0, 0.1) is 0 Å². The predicted octanol–water partition coefficient (Wildman–Crippen LogP) is 2.27. The van der Waals surface area contributed by atoms with Crippen molar-refractivity contribution < 1.29 is 0 Å². The molecule has 4 heteroatoms. The predicted molar refractivity (Wildman–Crippen MR) is 65.8 cm³/mol. The van der Waals surface area contributed by atoms with E-state index in [2.05, 4.69) is 45.3 Å². The Hall–Kier alpha value is -1.55. The molecule has 0 atom stereocenters. The Morgan fingerprint density at radius 1 is 1.33 bits per heavy atom. The Balaban J connectivity index is 1.97. The topological polar surface area (TPSA) is 36.4 Å². The fourth-order valence-corrected chi connectivity index (χ4v) is 2.58. The number of nitrogens with one attached hydrogen (secondary N) is 2. The minimum atomic E-state index is 0.865. The van der Waals surface area contributed by atoms with Crippen LogP contribution in [-0.2, 0) is 0 Å². The number of hydrogen-bond donors (Lipinski definition) is 2. The second-order valence-corrected chi connectivity index (χ2v) is 4.34. The SMILES string of the molecule is c1ccc2c(NC3=NCCN3)csc2c1. The van der Waals surface area contributed by atoms with Crippen LogP contribution in [0.5, 0.6) is 0 Å². The molecule has 0 saturated heterocycles. The lowest BCUT2D eigenvalue weighted by molar-refractivity contribution is 0.959. The summed E-state index contributed by atoms with van der Waals surface area (Å²) in [5, 5.41) is 9.91. The Morgan fingerprint density at radius 3 is 3.13 bits per heavy atom. The van der Waals surface area contributed by atoms with Crippen LogP contribution in [0.4, 0.5) is 5.69 Å². The van der Waals surface area contributed by atoms with Crippen LogP contribution >= 0.6 is 11.3 Å². The van der Waals surface area contributed by atoms with Crippen molar-refractivity contribution in [3.63, 3.8) is 0 Å². The van der Waals surface area contributed by atoms with Crippen LogP contribution < -0.4 is 10.6 Å². The molecule has 3 nitrogen and oxygen atoms in total. The minimum Gasteiger partial charge on any atom is -0.354 e. The molecule has 0 spiro atoms. The zero-order valence-electron chi connectivity index (χ0n) is 8.16. The van der Waals surface area contributed by atoms with Crippen LogP contribution in [0.25, 0.3) is 10.1 Å². The Kier molecular flexibility index (Phi) is 2.07. The number of rotatable bonds is 1. The lowest BCUT2D eigenvalue weighted by Gasteiger charge is -2.04. The molecular weight excluding hydrogens is 206 g/mol. The second kappa shape index (κ2) is 3.55. The first-order valence-electron chi connectivity index (χ1n) is 4.95. The lowest BCUT2D eigenvalue weighted by Crippen LogP contribution is -2.25. The number of guanidine groups is 1. The number of benzene rings is 1. The van der Waals surface area contributed by atoms with Crippen LogP contribution in [0.2, 0.25) is 0 Å². The van der Waals surface area contributed by atoms with E-state index in [1.807, 2.05) is 0 Å². The zero-order valence-corrected chi connectivity index (χ0v) is 8.97. The van der Waals surface area contributed by atoms with E-state index in [-0.39, 0.29) is 0 Å². The highest BCUT2D eigenvalue weighted by Gasteiger charge is 2.08. The average Bonchev–Trinajstić information content (AvgIpc) is 2.89. The fourth-order valence-electron chi connectivity index (χ4n) is 1.68. The first-order chi connectivity index (χ1) is 7.43. The van der Waals surface area contributed by atoms with Gasteiger partial charge < -0.3 is 10.6 Å². The van der Waals surface area contributed by atoms with E-state index in [0.29, 0.717) is 0 Å². The monoisotopic (exact) mass is 217 g/mol. The highest BCUT2D eigenvalue weighted by Crippen LogP contribution is 2.29. The van der Waals surface area contributed by atoms with Gasteiger partial charge in [0.15, 0.2) is 5.96 Å². The summed E-state index contributed by atoms with van der Waals surface area (Å²) in [5.41, 5.74) is 1.14. The van der Waals surface area contributed by atoms with E-state index >= 15 is 0 Å². The van der Waals surface area contributed by atoms with Crippen molar-refractivity contribution in [2.45, 2.75) is 0 Å². The molecule has 1 aromatic heterocycles. The van der Waals surface area contributed by atoms with Gasteiger partial charge in [0, 0.05) is 22.0 Å². The van der Waals surface area contributed by atoms with Crippen molar-refractivity contribution in [2.75, 3.05) is 18.4 Å². The van der Waals surface area contributed by atoms with Crippen molar-refractivity contribution >= 4 is 33.1 Å². The van der Waals surface area contributed by atoms with Gasteiger partial charge >= 0.3 is 0 Å². The van der Waals surface area contributed by atoms with Gasteiger partial charge in [-0.05, 0) is 6.07 Å². The molecule has 1 aliphatic heterocycles. The van der Waals surface area contributed by atoms with Crippen LogP contribution in [0.1, 0.15) is 0 Å². The number of nitrogens with zero attached hydrogens (tertiary/aromatic N) is 1. The third kappa shape index (κ3) is 1.57. The Morgan fingerprint density at radius 2 is 2.27 bits per heavy atom. The normalized spacial score (nSPS) is 15.1. The van der Waals surface area contributed by atoms with Crippen LogP contribution in [0.15, 0.2) is 34.6 Å². The summed E-state index contributed by atoms with van der Waals surface area (Å²) in [6.07, 6.45) is 0. The van der Waals surface area contributed by atoms with Gasteiger partial charge in [-0.3, -0.25) is 4.99 Å². The molecule has 15 heavy (non-hydrogen) atoms. The molecule has 2 heterocycles. The molecule has 1 aliphatic rings. The molecule has 0 radical (unpaired) electrons. The minimum absolute atomic E-state index is 0.865. The highest BCUT2D eigenvalue weighted by atomic mass is 32.1. The summed E-state index contributed by atoms with van der Waals surface area (Å²) in [6, 6.07) is 8.39. The molecule has 0 fully saturated rings. The maximum Gasteiger partial charge on any atom is 0.195 e. The molecule has 1 aromatic carbocycles. The number of aliphatic imine (C=N–C) groups is 1. The van der Waals surface area contributed by atoms with Crippen molar-refractivity contribution in [1.82, 2.24) is 5.32 Å². The molecular formula is C11H11N3S. The quantitative estimate of drug-likeness (QED) is 0.768. The summed E-state index contributed by atoms with van der Waals surface area (Å²) in [7, 11) is 0. The second-order valence-electron chi connectivity index (χ2n) is 3.43. The standard InChI is InChI=1S/C11H11N3S/c1-2-4-10-8(3-1)9(7-15-10)14-11-12-5-6-13-11/h1-4,7H,5-6H2,(H2,12,13,14). The van der Waals surface area contributed by atoms with Gasteiger partial charge in [-0.2, -0.15) is 0 Å². The maximum atomic E-state index is 4.32. The molecule has 0 bridgehead atoms. The third-order valence-electron chi connectivity index (χ3n) is 2.41. The first kappa shape index (κ1) is 8.73. The third-order valence-corrected chi connectivity index (χ3v) is 3.37. The van der Waals surface area contributed by atoms with Crippen molar-refractivity contribution in [3.8, 4) is 0 Å². The molecule has 3 rings (SSSR count). The molecule has 2 aromatic rings. The molecule has 76 valence electrons. The smallest absolute Gasteiger partial charge is 0.195 e. The summed E-state index contributed by atoms with van der Waals surface area (Å²) in [6.45, 7) is 1.80. The van der Waals surface area contributed by atoms with E-state index in [0.717, 1.165) is 24.7 Å². The number of hydrogen-bond acceptors (Lipinski definition) is 4. The van der Waals surface area contributed by atoms with Crippen molar-refractivity contribution in [2.24, 2.45) is 4.99 Å². The van der Waals surface area contributed by atoms with E-state index in [1.54, 1.807) is 11.3 Å². The molecule has 0 saturated carbocycles. The Labute approximate surface area is 91.8 Å². The van der Waals surface area contributed by atoms with Gasteiger partial charge in [0.05, 0.1) is 12.2 Å². The van der Waals surface area contributed by atoms with Gasteiger partial charge in [0.2, 0.25) is 0 Å². The summed E-state index contributed by atoms with van der Waals surface area (Å²) in [4.78, 5) is 4.32. The Bertz CT molecular complexity index is 515. The van der Waals surface area contributed by atoms with E-state index < -0.39 is 0 Å². The maximum absolute atomic E-state index is 4.32. The fraction of sp³-hybridized carbons (Fsp3) is 0.182. The molecule has 0 aliphatic carbocycles. The van der Waals surface area contributed by atoms with Gasteiger partial charge in [-0.25, -0.2) is 0 Å². The summed E-state index contributed by atoms with van der Waals surface area (Å²) in [5.74, 6) is 0.888. The van der Waals surface area contributed by atoms with E-state index in [9.17, 15) is 0 Å². The summed E-state index contributed by atoms with van der Waals surface area (Å²) >= 11 is 1.75. The van der Waals surface area contributed by atoms with Crippen LogP contribution in [-0.4, -0.2) is 19.0 Å². The average molecular weight is 217 g/mol. The first-order valence-corrected chi connectivity index (χ1v) is 5.83. The van der Waals surface area contributed by atoms with Gasteiger partial charge in [-0.15, -0.1) is 11.3 Å². The van der Waals surface area contributed by atoms with Crippen molar-refractivity contribution in [3.05, 3.63) is 29.6 Å². The van der Waals surface area contributed by atoms with Gasteiger partial charge in [-0.1, -0.05) is 18.2 Å². The number of fused-ring (bicyclic) bond motifs is 1. The highest BCUT2D eigenvalue weighted by molar-refractivity contribution is 7.17. The summed E-state index contributed by atoms with van der Waals surface area (Å²) < 4.78 is 1.30. The van der Waals surface area contributed by atoms with E-state index in [1.165, 1.54) is 10.1 Å². The number of thiophene rings is 1. The van der Waals surface area contributed by atoms with Gasteiger partial charge in [0.1, 0.15) is 0 Å². The molecule has 0 amide bonds. The van der Waals surface area contributed by atoms with Crippen LogP contribution in [0.3, 0.4) is 0 Å². The largest absolute Gasteiger partial charge is 0.354 e. The van der Waals surface area contributed by atoms with Crippen molar-refractivity contribution in [1.29, 1.82) is 0 Å². The zero-order chi connectivity index (χ0) is 10.1. The van der Waals surface area contributed by atoms with E-state index in [4.69, 9.17) is 0 Å². The van der Waals surface area contributed by atoms with Gasteiger partial charge in [0.25, 0.3) is 0 Å². The molecule has 2 N–H and O–H groups in total. The lowest BCUT2D eigenvalue weighted by atomic mass is 10.2. The number of anilines is 1. The molecule has 0 unspecified atom stereocenters.